The molecule has 0 aliphatic heterocycles. The lowest BCUT2D eigenvalue weighted by Gasteiger charge is -2.31. The minimum absolute atomic E-state index is 0.464. The highest BCUT2D eigenvalue weighted by Crippen LogP contribution is 2.57. The van der Waals surface area contributed by atoms with Gasteiger partial charge in [-0.25, -0.2) is 0 Å². The molecule has 3 aliphatic carbocycles. The SMILES string of the molecule is C1=C[C@@H]2[C@H](C1)[C@@H]1C[C@@H]2[C@@H](Oc2ccccc2)C1. The normalized spacial score (nSPS) is 41.8. The Morgan fingerprint density at radius 2 is 1.88 bits per heavy atom. The molecule has 1 aromatic carbocycles. The summed E-state index contributed by atoms with van der Waals surface area (Å²) in [5.74, 6) is 4.53. The van der Waals surface area contributed by atoms with Crippen LogP contribution in [0.15, 0.2) is 42.5 Å². The van der Waals surface area contributed by atoms with E-state index in [1.54, 1.807) is 0 Å². The Balaban J connectivity index is 1.53. The minimum Gasteiger partial charge on any atom is -0.490 e. The Hall–Kier alpha value is -1.24. The monoisotopic (exact) mass is 226 g/mol. The fourth-order valence-corrected chi connectivity index (χ4v) is 4.29. The zero-order valence-corrected chi connectivity index (χ0v) is 9.96. The number of rotatable bonds is 2. The van der Waals surface area contributed by atoms with Crippen LogP contribution in [0.2, 0.25) is 0 Å². The van der Waals surface area contributed by atoms with Gasteiger partial charge in [-0.2, -0.15) is 0 Å². The molecule has 0 heterocycles. The summed E-state index contributed by atoms with van der Waals surface area (Å²) in [6.45, 7) is 0. The molecule has 0 spiro atoms. The summed E-state index contributed by atoms with van der Waals surface area (Å²) in [7, 11) is 0. The van der Waals surface area contributed by atoms with Gasteiger partial charge in [0.05, 0.1) is 0 Å². The molecule has 3 aliphatic rings. The summed E-state index contributed by atoms with van der Waals surface area (Å²) in [5.41, 5.74) is 0. The number of para-hydroxylation sites is 1. The first-order valence-electron chi connectivity index (χ1n) is 6.80. The van der Waals surface area contributed by atoms with Gasteiger partial charge < -0.3 is 4.74 Å². The molecule has 17 heavy (non-hydrogen) atoms. The van der Waals surface area contributed by atoms with Gasteiger partial charge in [0.15, 0.2) is 0 Å². The molecule has 0 saturated heterocycles. The van der Waals surface area contributed by atoms with Crippen LogP contribution in [0.25, 0.3) is 0 Å². The lowest BCUT2D eigenvalue weighted by atomic mass is 9.80. The molecular weight excluding hydrogens is 208 g/mol. The largest absolute Gasteiger partial charge is 0.490 e. The Labute approximate surface area is 102 Å². The maximum atomic E-state index is 6.18. The van der Waals surface area contributed by atoms with Crippen molar-refractivity contribution in [2.75, 3.05) is 0 Å². The van der Waals surface area contributed by atoms with E-state index in [1.165, 1.54) is 19.3 Å². The van der Waals surface area contributed by atoms with E-state index in [0.29, 0.717) is 6.10 Å². The van der Waals surface area contributed by atoms with E-state index >= 15 is 0 Å². The molecule has 1 aromatic rings. The van der Waals surface area contributed by atoms with Crippen molar-refractivity contribution in [3.63, 3.8) is 0 Å². The minimum atomic E-state index is 0.464. The number of allylic oxidation sites excluding steroid dienone is 2. The van der Waals surface area contributed by atoms with Crippen molar-refractivity contribution in [1.82, 2.24) is 0 Å². The second-order valence-corrected chi connectivity index (χ2v) is 5.77. The Kier molecular flexibility index (Phi) is 2.08. The summed E-state index contributed by atoms with van der Waals surface area (Å²) < 4.78 is 6.18. The van der Waals surface area contributed by atoms with Crippen LogP contribution in [0.1, 0.15) is 19.3 Å². The predicted octanol–water partition coefficient (Wildman–Crippen LogP) is 3.67. The summed E-state index contributed by atoms with van der Waals surface area (Å²) in [4.78, 5) is 0. The van der Waals surface area contributed by atoms with Gasteiger partial charge in [-0.1, -0.05) is 30.4 Å². The molecule has 0 radical (unpaired) electrons. The zero-order chi connectivity index (χ0) is 11.2. The molecule has 2 bridgehead atoms. The average molecular weight is 226 g/mol. The average Bonchev–Trinajstić information content (AvgIpc) is 3.01. The molecule has 1 heteroatoms. The van der Waals surface area contributed by atoms with Gasteiger partial charge in [-0.05, 0) is 49.1 Å². The summed E-state index contributed by atoms with van der Waals surface area (Å²) in [6, 6.07) is 10.3. The van der Waals surface area contributed by atoms with Gasteiger partial charge in [0.1, 0.15) is 11.9 Å². The van der Waals surface area contributed by atoms with Crippen molar-refractivity contribution in [1.29, 1.82) is 0 Å². The van der Waals surface area contributed by atoms with Crippen LogP contribution < -0.4 is 4.74 Å². The third-order valence-corrected chi connectivity index (χ3v) is 4.98. The summed E-state index contributed by atoms with van der Waals surface area (Å²) in [5, 5.41) is 0. The van der Waals surface area contributed by atoms with Crippen molar-refractivity contribution in [2.24, 2.45) is 23.7 Å². The molecule has 0 aromatic heterocycles. The van der Waals surface area contributed by atoms with Gasteiger partial charge in [0, 0.05) is 5.92 Å². The number of ether oxygens (including phenoxy) is 1. The predicted molar refractivity (Wildman–Crippen MR) is 67.8 cm³/mol. The lowest BCUT2D eigenvalue weighted by molar-refractivity contribution is 0.0955. The second kappa shape index (κ2) is 3.63. The van der Waals surface area contributed by atoms with Crippen LogP contribution in [0, 0.1) is 23.7 Å². The van der Waals surface area contributed by atoms with Crippen molar-refractivity contribution < 1.29 is 4.74 Å². The quantitative estimate of drug-likeness (QED) is 0.699. The number of hydrogen-bond donors (Lipinski definition) is 0. The third kappa shape index (κ3) is 1.45. The molecule has 4 rings (SSSR count). The first-order valence-corrected chi connectivity index (χ1v) is 6.80. The van der Waals surface area contributed by atoms with Gasteiger partial charge in [0.2, 0.25) is 0 Å². The molecule has 0 unspecified atom stereocenters. The van der Waals surface area contributed by atoms with Crippen molar-refractivity contribution in [3.05, 3.63) is 42.5 Å². The van der Waals surface area contributed by atoms with E-state index in [0.717, 1.165) is 29.4 Å². The highest BCUT2D eigenvalue weighted by atomic mass is 16.5. The van der Waals surface area contributed by atoms with Crippen LogP contribution in [-0.4, -0.2) is 6.10 Å². The molecule has 0 N–H and O–H groups in total. The second-order valence-electron chi connectivity index (χ2n) is 5.77. The highest BCUT2D eigenvalue weighted by Gasteiger charge is 2.53. The van der Waals surface area contributed by atoms with Crippen LogP contribution >= 0.6 is 0 Å². The van der Waals surface area contributed by atoms with Crippen molar-refractivity contribution >= 4 is 0 Å². The van der Waals surface area contributed by atoms with Gasteiger partial charge in [0.25, 0.3) is 0 Å². The summed E-state index contributed by atoms with van der Waals surface area (Å²) >= 11 is 0. The number of benzene rings is 1. The van der Waals surface area contributed by atoms with Crippen molar-refractivity contribution in [3.8, 4) is 5.75 Å². The molecule has 1 nitrogen and oxygen atoms in total. The fraction of sp³-hybridized carbons (Fsp3) is 0.500. The summed E-state index contributed by atoms with van der Waals surface area (Å²) in [6.07, 6.45) is 9.31. The van der Waals surface area contributed by atoms with Gasteiger partial charge in [-0.15, -0.1) is 0 Å². The van der Waals surface area contributed by atoms with E-state index < -0.39 is 0 Å². The van der Waals surface area contributed by atoms with E-state index in [9.17, 15) is 0 Å². The molecule has 2 saturated carbocycles. The standard InChI is InChI=1S/C16H18O/c1-2-5-12(6-3-1)17-16-10-11-9-15(16)14-8-4-7-13(11)14/h1-6,8,11,13-16H,7,9-10H2/t11-,13-,14-,15+,16+/m1/s1. The molecule has 0 amide bonds. The maximum Gasteiger partial charge on any atom is 0.119 e. The van der Waals surface area contributed by atoms with Gasteiger partial charge in [-0.3, -0.25) is 0 Å². The number of fused-ring (bicyclic) bond motifs is 5. The maximum absolute atomic E-state index is 6.18. The molecule has 88 valence electrons. The topological polar surface area (TPSA) is 9.23 Å². The zero-order valence-electron chi connectivity index (χ0n) is 9.96. The molecule has 2 fully saturated rings. The van der Waals surface area contributed by atoms with Gasteiger partial charge >= 0.3 is 0 Å². The first kappa shape index (κ1) is 9.76. The van der Waals surface area contributed by atoms with Crippen LogP contribution in [0.4, 0.5) is 0 Å². The Morgan fingerprint density at radius 1 is 1.00 bits per heavy atom. The number of hydrogen-bond acceptors (Lipinski definition) is 1. The smallest absolute Gasteiger partial charge is 0.119 e. The van der Waals surface area contributed by atoms with Crippen LogP contribution in [0.3, 0.4) is 0 Å². The molecule has 5 atom stereocenters. The van der Waals surface area contributed by atoms with Crippen molar-refractivity contribution in [2.45, 2.75) is 25.4 Å². The highest BCUT2D eigenvalue weighted by molar-refractivity contribution is 5.23. The van der Waals surface area contributed by atoms with Crippen LogP contribution in [-0.2, 0) is 0 Å². The first-order chi connectivity index (χ1) is 8.42. The van der Waals surface area contributed by atoms with E-state index in [2.05, 4.69) is 36.4 Å². The fourth-order valence-electron chi connectivity index (χ4n) is 4.29. The van der Waals surface area contributed by atoms with Crippen LogP contribution in [0.5, 0.6) is 5.75 Å². The van der Waals surface area contributed by atoms with E-state index in [-0.39, 0.29) is 0 Å². The Morgan fingerprint density at radius 3 is 2.76 bits per heavy atom. The van der Waals surface area contributed by atoms with E-state index in [4.69, 9.17) is 4.74 Å². The molecular formula is C16H18O. The Bertz CT molecular complexity index is 436. The lowest BCUT2D eigenvalue weighted by Crippen LogP contribution is -2.32. The third-order valence-electron chi connectivity index (χ3n) is 4.98. The van der Waals surface area contributed by atoms with E-state index in [1.807, 2.05) is 6.07 Å².